The number of hydrogen-bond donors (Lipinski definition) is 0. The highest BCUT2D eigenvalue weighted by molar-refractivity contribution is 7.89. The van der Waals surface area contributed by atoms with Gasteiger partial charge in [0.05, 0.1) is 28.2 Å². The number of ether oxygens (including phenoxy) is 1. The maximum Gasteiger partial charge on any atom is 0.417 e. The number of piperazine rings is 1. The van der Waals surface area contributed by atoms with Crippen LogP contribution in [0.1, 0.15) is 15.9 Å². The molecule has 1 fully saturated rings. The number of methoxy groups -OCH3 is 1. The predicted molar refractivity (Wildman–Crippen MR) is 109 cm³/mol. The molecule has 3 rings (SSSR count). The summed E-state index contributed by atoms with van der Waals surface area (Å²) >= 11 is 11.5. The van der Waals surface area contributed by atoms with Gasteiger partial charge in [-0.3, -0.25) is 4.79 Å². The van der Waals surface area contributed by atoms with Crippen LogP contribution in [-0.4, -0.2) is 56.8 Å². The molecule has 1 saturated heterocycles. The monoisotopic (exact) mass is 496 g/mol. The van der Waals surface area contributed by atoms with Gasteiger partial charge in [-0.1, -0.05) is 23.2 Å². The molecule has 6 nitrogen and oxygen atoms in total. The summed E-state index contributed by atoms with van der Waals surface area (Å²) in [5, 5.41) is -0.245. The number of rotatable bonds is 4. The van der Waals surface area contributed by atoms with E-state index in [1.807, 2.05) is 0 Å². The van der Waals surface area contributed by atoms with Crippen LogP contribution in [0.4, 0.5) is 13.2 Å². The average molecular weight is 497 g/mol. The van der Waals surface area contributed by atoms with Gasteiger partial charge >= 0.3 is 6.18 Å². The molecule has 2 aromatic carbocycles. The maximum atomic E-state index is 13.1. The number of hydrogen-bond acceptors (Lipinski definition) is 4. The van der Waals surface area contributed by atoms with E-state index in [-0.39, 0.29) is 37.6 Å². The van der Waals surface area contributed by atoms with E-state index in [1.165, 1.54) is 18.1 Å². The third-order valence-corrected chi connectivity index (χ3v) is 7.26. The summed E-state index contributed by atoms with van der Waals surface area (Å²) < 4.78 is 71.2. The first-order valence-electron chi connectivity index (χ1n) is 8.95. The smallest absolute Gasteiger partial charge is 0.417 e. The van der Waals surface area contributed by atoms with E-state index in [9.17, 15) is 26.4 Å². The van der Waals surface area contributed by atoms with Gasteiger partial charge in [0, 0.05) is 31.2 Å². The summed E-state index contributed by atoms with van der Waals surface area (Å²) in [5.74, 6) is -0.0625. The van der Waals surface area contributed by atoms with Gasteiger partial charge in [-0.2, -0.15) is 17.5 Å². The second-order valence-corrected chi connectivity index (χ2v) is 9.46. The van der Waals surface area contributed by atoms with E-state index >= 15 is 0 Å². The van der Waals surface area contributed by atoms with Crippen molar-refractivity contribution in [2.24, 2.45) is 0 Å². The van der Waals surface area contributed by atoms with Gasteiger partial charge in [-0.25, -0.2) is 8.42 Å². The van der Waals surface area contributed by atoms with Crippen molar-refractivity contribution in [2.45, 2.75) is 11.1 Å². The Morgan fingerprint density at radius 1 is 1.03 bits per heavy atom. The summed E-state index contributed by atoms with van der Waals surface area (Å²) in [6.45, 7) is -0.0667. The molecule has 1 amide bonds. The zero-order valence-corrected chi connectivity index (χ0v) is 18.4. The molecular weight excluding hydrogens is 480 g/mol. The Morgan fingerprint density at radius 2 is 1.68 bits per heavy atom. The third-order valence-electron chi connectivity index (χ3n) is 4.80. The largest absolute Gasteiger partial charge is 0.496 e. The first kappa shape index (κ1) is 23.6. The first-order valence-corrected chi connectivity index (χ1v) is 11.1. The van der Waals surface area contributed by atoms with Crippen LogP contribution in [0.3, 0.4) is 0 Å². The van der Waals surface area contributed by atoms with E-state index in [0.29, 0.717) is 16.8 Å². The molecule has 0 N–H and O–H groups in total. The number of carbonyl (C=O) groups excluding carboxylic acids is 1. The van der Waals surface area contributed by atoms with Crippen molar-refractivity contribution in [2.75, 3.05) is 33.3 Å². The number of carbonyl (C=O) groups is 1. The van der Waals surface area contributed by atoms with Crippen LogP contribution in [0.2, 0.25) is 10.0 Å². The van der Waals surface area contributed by atoms with Crippen molar-refractivity contribution in [3.05, 3.63) is 57.6 Å². The quantitative estimate of drug-likeness (QED) is 0.637. The molecule has 0 radical (unpaired) electrons. The normalized spacial score (nSPS) is 15.7. The predicted octanol–water partition coefficient (Wildman–Crippen LogP) is 4.17. The summed E-state index contributed by atoms with van der Waals surface area (Å²) in [7, 11) is -2.80. The average Bonchev–Trinajstić information content (AvgIpc) is 2.72. The van der Waals surface area contributed by atoms with Crippen molar-refractivity contribution < 1.29 is 31.1 Å². The Balaban J connectivity index is 1.78. The van der Waals surface area contributed by atoms with Crippen molar-refractivity contribution in [3.8, 4) is 5.75 Å². The Labute approximate surface area is 187 Å². The molecule has 0 atom stereocenters. The van der Waals surface area contributed by atoms with Crippen LogP contribution in [0.15, 0.2) is 41.3 Å². The molecule has 168 valence electrons. The van der Waals surface area contributed by atoms with Crippen LogP contribution >= 0.6 is 23.2 Å². The Bertz CT molecular complexity index is 1100. The molecule has 2 aromatic rings. The van der Waals surface area contributed by atoms with Gasteiger partial charge in [0.25, 0.3) is 5.91 Å². The molecule has 1 aliphatic rings. The Hall–Kier alpha value is -2.01. The van der Waals surface area contributed by atoms with Crippen molar-refractivity contribution in [3.63, 3.8) is 0 Å². The standard InChI is InChI=1S/C19H17Cl2F3N2O4S/c1-30-17-5-2-12(20)10-14(17)18(27)25-6-8-26(9-7-25)31(28,29)13-3-4-16(21)15(11-13)19(22,23)24/h2-5,10-11H,6-9H2,1H3. The lowest BCUT2D eigenvalue weighted by Crippen LogP contribution is -2.50. The molecule has 0 saturated carbocycles. The van der Waals surface area contributed by atoms with Gasteiger partial charge in [0.2, 0.25) is 10.0 Å². The van der Waals surface area contributed by atoms with Crippen LogP contribution in [-0.2, 0) is 16.2 Å². The zero-order chi connectivity index (χ0) is 23.0. The first-order chi connectivity index (χ1) is 14.4. The lowest BCUT2D eigenvalue weighted by molar-refractivity contribution is -0.137. The molecular formula is C19H17Cl2F3N2O4S. The summed E-state index contributed by atoms with van der Waals surface area (Å²) in [4.78, 5) is 13.8. The number of halogens is 5. The number of amides is 1. The molecule has 0 aromatic heterocycles. The zero-order valence-electron chi connectivity index (χ0n) is 16.1. The molecule has 0 aliphatic carbocycles. The van der Waals surface area contributed by atoms with E-state index in [2.05, 4.69) is 0 Å². The molecule has 31 heavy (non-hydrogen) atoms. The molecule has 0 unspecified atom stereocenters. The highest BCUT2D eigenvalue weighted by Crippen LogP contribution is 2.36. The number of benzene rings is 2. The van der Waals surface area contributed by atoms with Crippen molar-refractivity contribution in [1.82, 2.24) is 9.21 Å². The van der Waals surface area contributed by atoms with Crippen molar-refractivity contribution in [1.29, 1.82) is 0 Å². The van der Waals surface area contributed by atoms with Crippen LogP contribution in [0, 0.1) is 0 Å². The van der Waals surface area contributed by atoms with Gasteiger partial charge in [-0.15, -0.1) is 0 Å². The molecule has 1 aliphatic heterocycles. The maximum absolute atomic E-state index is 13.1. The van der Waals surface area contributed by atoms with E-state index in [0.717, 1.165) is 16.4 Å². The highest BCUT2D eigenvalue weighted by atomic mass is 35.5. The molecule has 0 bridgehead atoms. The van der Waals surface area contributed by atoms with Gasteiger partial charge < -0.3 is 9.64 Å². The Morgan fingerprint density at radius 3 is 2.26 bits per heavy atom. The topological polar surface area (TPSA) is 66.9 Å². The van der Waals surface area contributed by atoms with Crippen LogP contribution in [0.25, 0.3) is 0 Å². The van der Waals surface area contributed by atoms with Gasteiger partial charge in [-0.05, 0) is 36.4 Å². The highest BCUT2D eigenvalue weighted by Gasteiger charge is 2.36. The lowest BCUT2D eigenvalue weighted by Gasteiger charge is -2.34. The minimum atomic E-state index is -4.79. The molecule has 12 heteroatoms. The number of nitrogens with zero attached hydrogens (tertiary/aromatic N) is 2. The minimum Gasteiger partial charge on any atom is -0.496 e. The second kappa shape index (κ2) is 8.85. The SMILES string of the molecule is COc1ccc(Cl)cc1C(=O)N1CCN(S(=O)(=O)c2ccc(Cl)c(C(F)(F)F)c2)CC1. The Kier molecular flexibility index (Phi) is 6.75. The fourth-order valence-corrected chi connectivity index (χ4v) is 5.03. The lowest BCUT2D eigenvalue weighted by atomic mass is 10.1. The summed E-state index contributed by atoms with van der Waals surface area (Å²) in [6.07, 6.45) is -4.79. The van der Waals surface area contributed by atoms with E-state index < -0.39 is 31.7 Å². The molecule has 1 heterocycles. The third kappa shape index (κ3) is 4.92. The molecule has 0 spiro atoms. The number of alkyl halides is 3. The van der Waals surface area contributed by atoms with Gasteiger partial charge in [0.15, 0.2) is 0 Å². The fraction of sp³-hybridized carbons (Fsp3) is 0.316. The summed E-state index contributed by atoms with van der Waals surface area (Å²) in [6, 6.07) is 7.03. The fourth-order valence-electron chi connectivity index (χ4n) is 3.18. The van der Waals surface area contributed by atoms with E-state index in [1.54, 1.807) is 12.1 Å². The second-order valence-electron chi connectivity index (χ2n) is 6.68. The summed E-state index contributed by atoms with van der Waals surface area (Å²) in [5.41, 5.74) is -0.990. The van der Waals surface area contributed by atoms with Gasteiger partial charge in [0.1, 0.15) is 5.75 Å². The van der Waals surface area contributed by atoms with Crippen LogP contribution < -0.4 is 4.74 Å². The minimum absolute atomic E-state index is 0.0491. The van der Waals surface area contributed by atoms with E-state index in [4.69, 9.17) is 27.9 Å². The number of sulfonamides is 1. The van der Waals surface area contributed by atoms with Crippen LogP contribution in [0.5, 0.6) is 5.75 Å². The van der Waals surface area contributed by atoms with Crippen molar-refractivity contribution >= 4 is 39.1 Å².